The van der Waals surface area contributed by atoms with Crippen LogP contribution in [-0.2, 0) is 5.41 Å². The molecule has 0 aliphatic heterocycles. The average Bonchev–Trinajstić information content (AvgIpc) is 2.85. The number of nitrogens with zero attached hydrogens (tertiary/aromatic N) is 1. The molecule has 0 amide bonds. The van der Waals surface area contributed by atoms with E-state index in [0.717, 1.165) is 11.3 Å². The molecule has 1 heterocycles. The van der Waals surface area contributed by atoms with Gasteiger partial charge >= 0.3 is 0 Å². The summed E-state index contributed by atoms with van der Waals surface area (Å²) in [6.45, 7) is 2.23. The predicted molar refractivity (Wildman–Crippen MR) is 48.8 cm³/mol. The van der Waals surface area contributed by atoms with Gasteiger partial charge in [-0.2, -0.15) is 0 Å². The van der Waals surface area contributed by atoms with Gasteiger partial charge in [-0.1, -0.05) is 12.8 Å². The largest absolute Gasteiger partial charge is 0.261 e. The van der Waals surface area contributed by atoms with Crippen molar-refractivity contribution in [2.45, 2.75) is 25.2 Å². The Kier molecular flexibility index (Phi) is 1.44. The van der Waals surface area contributed by atoms with Gasteiger partial charge in [0.15, 0.2) is 0 Å². The standard InChI is InChI=1S/C11H11N/c1-3-9-4-7-12-10(8-9)11(2)5-6-11/h1,4,7-8H,5-6H2,2H3. The summed E-state index contributed by atoms with van der Waals surface area (Å²) in [6.07, 6.45) is 9.59. The second-order valence-corrected chi connectivity index (χ2v) is 3.63. The second-order valence-electron chi connectivity index (χ2n) is 3.63. The molecule has 0 aromatic carbocycles. The minimum atomic E-state index is 0.326. The van der Waals surface area contributed by atoms with Crippen LogP contribution >= 0.6 is 0 Å². The Morgan fingerprint density at radius 2 is 2.33 bits per heavy atom. The van der Waals surface area contributed by atoms with Crippen LogP contribution in [0.2, 0.25) is 0 Å². The maximum Gasteiger partial charge on any atom is 0.0474 e. The summed E-state index contributed by atoms with van der Waals surface area (Å²) in [5, 5.41) is 0. The lowest BCUT2D eigenvalue weighted by atomic mass is 10.0. The van der Waals surface area contributed by atoms with Crippen LogP contribution in [-0.4, -0.2) is 4.98 Å². The van der Waals surface area contributed by atoms with Gasteiger partial charge in [0.25, 0.3) is 0 Å². The molecule has 1 heteroatoms. The highest BCUT2D eigenvalue weighted by atomic mass is 14.7. The highest BCUT2D eigenvalue weighted by molar-refractivity contribution is 5.35. The molecular weight excluding hydrogens is 146 g/mol. The SMILES string of the molecule is C#Cc1ccnc(C2(C)CC2)c1. The van der Waals surface area contributed by atoms with Gasteiger partial charge in [-0.3, -0.25) is 4.98 Å². The van der Waals surface area contributed by atoms with E-state index in [0.29, 0.717) is 5.41 Å². The first-order valence-corrected chi connectivity index (χ1v) is 4.18. The lowest BCUT2D eigenvalue weighted by Gasteiger charge is -2.06. The Bertz CT molecular complexity index is 342. The number of hydrogen-bond acceptors (Lipinski definition) is 1. The van der Waals surface area contributed by atoms with E-state index in [9.17, 15) is 0 Å². The quantitative estimate of drug-likeness (QED) is 0.569. The van der Waals surface area contributed by atoms with Crippen LogP contribution in [0.15, 0.2) is 18.3 Å². The molecule has 0 unspecified atom stereocenters. The Morgan fingerprint density at radius 1 is 1.58 bits per heavy atom. The van der Waals surface area contributed by atoms with Gasteiger partial charge in [-0.15, -0.1) is 6.42 Å². The van der Waals surface area contributed by atoms with Crippen molar-refractivity contribution in [3.8, 4) is 12.3 Å². The fourth-order valence-corrected chi connectivity index (χ4v) is 1.29. The number of pyridine rings is 1. The maximum absolute atomic E-state index is 5.30. The van der Waals surface area contributed by atoms with Crippen LogP contribution in [0.1, 0.15) is 31.0 Å². The molecule has 1 aliphatic carbocycles. The van der Waals surface area contributed by atoms with E-state index in [1.54, 1.807) is 6.20 Å². The highest BCUT2D eigenvalue weighted by Crippen LogP contribution is 2.46. The molecule has 0 N–H and O–H groups in total. The summed E-state index contributed by atoms with van der Waals surface area (Å²) in [7, 11) is 0. The number of hydrogen-bond donors (Lipinski definition) is 0. The first-order chi connectivity index (χ1) is 5.74. The van der Waals surface area contributed by atoms with E-state index in [4.69, 9.17) is 6.42 Å². The number of terminal acetylenes is 1. The topological polar surface area (TPSA) is 12.9 Å². The molecular formula is C11H11N. The molecule has 1 aromatic rings. The lowest BCUT2D eigenvalue weighted by Crippen LogP contribution is -2.02. The van der Waals surface area contributed by atoms with Crippen molar-refractivity contribution in [1.82, 2.24) is 4.98 Å². The van der Waals surface area contributed by atoms with Gasteiger partial charge in [0.05, 0.1) is 0 Å². The van der Waals surface area contributed by atoms with Gasteiger partial charge in [0.1, 0.15) is 0 Å². The van der Waals surface area contributed by atoms with E-state index in [1.807, 2.05) is 12.1 Å². The van der Waals surface area contributed by atoms with Crippen LogP contribution in [0, 0.1) is 12.3 Å². The Hall–Kier alpha value is -1.29. The first kappa shape index (κ1) is 7.36. The molecule has 12 heavy (non-hydrogen) atoms. The second kappa shape index (κ2) is 2.35. The van der Waals surface area contributed by atoms with Crippen molar-refractivity contribution in [3.63, 3.8) is 0 Å². The summed E-state index contributed by atoms with van der Waals surface area (Å²) < 4.78 is 0. The van der Waals surface area contributed by atoms with Crippen molar-refractivity contribution in [3.05, 3.63) is 29.6 Å². The lowest BCUT2D eigenvalue weighted by molar-refractivity contribution is 0.749. The first-order valence-electron chi connectivity index (χ1n) is 4.18. The molecule has 1 nitrogen and oxygen atoms in total. The zero-order valence-corrected chi connectivity index (χ0v) is 7.17. The fourth-order valence-electron chi connectivity index (χ4n) is 1.29. The smallest absolute Gasteiger partial charge is 0.0474 e. The van der Waals surface area contributed by atoms with Crippen LogP contribution in [0.25, 0.3) is 0 Å². The molecule has 1 aromatic heterocycles. The highest BCUT2D eigenvalue weighted by Gasteiger charge is 2.40. The predicted octanol–water partition coefficient (Wildman–Crippen LogP) is 2.11. The van der Waals surface area contributed by atoms with Crippen LogP contribution < -0.4 is 0 Å². The molecule has 0 saturated heterocycles. The minimum Gasteiger partial charge on any atom is -0.261 e. The summed E-state index contributed by atoms with van der Waals surface area (Å²) in [5.41, 5.74) is 2.42. The van der Waals surface area contributed by atoms with Gasteiger partial charge in [-0.25, -0.2) is 0 Å². The third kappa shape index (κ3) is 1.10. The molecule has 0 radical (unpaired) electrons. The summed E-state index contributed by atoms with van der Waals surface area (Å²) in [4.78, 5) is 4.33. The normalized spacial score (nSPS) is 18.3. The zero-order chi connectivity index (χ0) is 8.60. The van der Waals surface area contributed by atoms with Crippen LogP contribution in [0.3, 0.4) is 0 Å². The van der Waals surface area contributed by atoms with Gasteiger partial charge < -0.3 is 0 Å². The Labute approximate surface area is 72.8 Å². The van der Waals surface area contributed by atoms with E-state index in [1.165, 1.54) is 12.8 Å². The molecule has 2 rings (SSSR count). The van der Waals surface area contributed by atoms with Crippen LogP contribution in [0.5, 0.6) is 0 Å². The summed E-state index contributed by atoms with van der Waals surface area (Å²) >= 11 is 0. The monoisotopic (exact) mass is 157 g/mol. The maximum atomic E-state index is 5.30. The van der Waals surface area contributed by atoms with Crippen molar-refractivity contribution in [1.29, 1.82) is 0 Å². The van der Waals surface area contributed by atoms with Crippen molar-refractivity contribution < 1.29 is 0 Å². The number of rotatable bonds is 1. The third-order valence-corrected chi connectivity index (χ3v) is 2.54. The average molecular weight is 157 g/mol. The van der Waals surface area contributed by atoms with Gasteiger partial charge in [0, 0.05) is 22.9 Å². The number of aromatic nitrogens is 1. The summed E-state index contributed by atoms with van der Waals surface area (Å²) in [6, 6.07) is 3.89. The molecule has 1 fully saturated rings. The van der Waals surface area contributed by atoms with Crippen molar-refractivity contribution >= 4 is 0 Å². The van der Waals surface area contributed by atoms with E-state index in [2.05, 4.69) is 17.8 Å². The molecule has 1 aliphatic rings. The minimum absolute atomic E-state index is 0.326. The molecule has 1 saturated carbocycles. The van der Waals surface area contributed by atoms with E-state index >= 15 is 0 Å². The van der Waals surface area contributed by atoms with Gasteiger partial charge in [0.2, 0.25) is 0 Å². The van der Waals surface area contributed by atoms with Crippen LogP contribution in [0.4, 0.5) is 0 Å². The summed E-state index contributed by atoms with van der Waals surface area (Å²) in [5.74, 6) is 2.63. The van der Waals surface area contributed by atoms with Crippen molar-refractivity contribution in [2.75, 3.05) is 0 Å². The Morgan fingerprint density at radius 3 is 2.92 bits per heavy atom. The fraction of sp³-hybridized carbons (Fsp3) is 0.364. The van der Waals surface area contributed by atoms with E-state index < -0.39 is 0 Å². The molecule has 0 atom stereocenters. The van der Waals surface area contributed by atoms with Crippen molar-refractivity contribution in [2.24, 2.45) is 0 Å². The Balaban J connectivity index is 2.40. The zero-order valence-electron chi connectivity index (χ0n) is 7.17. The molecule has 0 spiro atoms. The molecule has 60 valence electrons. The third-order valence-electron chi connectivity index (χ3n) is 2.54. The van der Waals surface area contributed by atoms with E-state index in [-0.39, 0.29) is 0 Å². The van der Waals surface area contributed by atoms with Gasteiger partial charge in [-0.05, 0) is 25.0 Å². The molecule has 0 bridgehead atoms.